The zero-order chi connectivity index (χ0) is 17.1. The summed E-state index contributed by atoms with van der Waals surface area (Å²) in [5.74, 6) is 0.358. The predicted molar refractivity (Wildman–Crippen MR) is 90.9 cm³/mol. The maximum atomic E-state index is 10.9. The van der Waals surface area contributed by atoms with Gasteiger partial charge in [0, 0.05) is 25.6 Å². The largest absolute Gasteiger partial charge is 0.478 e. The third kappa shape index (κ3) is 2.81. The third-order valence-electron chi connectivity index (χ3n) is 3.76. The number of para-hydroxylation sites is 2. The monoisotopic (exact) mass is 326 g/mol. The molecule has 0 bridgehead atoms. The van der Waals surface area contributed by atoms with E-state index in [1.807, 2.05) is 41.0 Å². The van der Waals surface area contributed by atoms with E-state index < -0.39 is 5.97 Å². The molecule has 0 aliphatic carbocycles. The van der Waals surface area contributed by atoms with Gasteiger partial charge >= 0.3 is 5.97 Å². The molecule has 3 rings (SSSR count). The fourth-order valence-corrected chi connectivity index (χ4v) is 2.79. The lowest BCUT2D eigenvalue weighted by atomic mass is 10.1. The molecular weight excluding hydrogens is 308 g/mol. The fourth-order valence-electron chi connectivity index (χ4n) is 2.79. The van der Waals surface area contributed by atoms with E-state index in [0.717, 1.165) is 17.5 Å². The Morgan fingerprint density at radius 3 is 2.58 bits per heavy atom. The summed E-state index contributed by atoms with van der Waals surface area (Å²) in [5, 5.41) is 8.91. The van der Waals surface area contributed by atoms with E-state index in [1.54, 1.807) is 25.6 Å². The van der Waals surface area contributed by atoms with Crippen molar-refractivity contribution in [3.63, 3.8) is 0 Å². The number of carbonyl (C=O) groups is 1. The third-order valence-corrected chi connectivity index (χ3v) is 3.76. The Kier molecular flexibility index (Phi) is 4.43. The molecule has 1 aliphatic rings. The smallest absolute Gasteiger partial charge is 0.328 e. The molecule has 0 amide bonds. The van der Waals surface area contributed by atoms with Crippen molar-refractivity contribution in [1.29, 1.82) is 0 Å². The molecule has 124 valence electrons. The van der Waals surface area contributed by atoms with Crippen LogP contribution < -0.4 is 9.80 Å². The van der Waals surface area contributed by atoms with Crippen LogP contribution in [0.15, 0.2) is 48.8 Å². The number of aromatic nitrogens is 2. The molecule has 7 nitrogen and oxygen atoms in total. The molecule has 0 radical (unpaired) electrons. The second kappa shape index (κ2) is 6.67. The van der Waals surface area contributed by atoms with E-state index in [0.29, 0.717) is 18.4 Å². The molecule has 0 fully saturated rings. The highest BCUT2D eigenvalue weighted by molar-refractivity contribution is 5.90. The summed E-state index contributed by atoms with van der Waals surface area (Å²) < 4.78 is 5.32. The number of fused-ring (bicyclic) bond motifs is 2. The van der Waals surface area contributed by atoms with Crippen molar-refractivity contribution >= 4 is 29.0 Å². The van der Waals surface area contributed by atoms with Crippen molar-refractivity contribution in [2.24, 2.45) is 0 Å². The van der Waals surface area contributed by atoms with Gasteiger partial charge in [0.25, 0.3) is 0 Å². The van der Waals surface area contributed by atoms with Gasteiger partial charge in [-0.15, -0.1) is 0 Å². The minimum Gasteiger partial charge on any atom is -0.478 e. The summed E-state index contributed by atoms with van der Waals surface area (Å²) in [6.07, 6.45) is 6.03. The summed E-state index contributed by atoms with van der Waals surface area (Å²) in [6, 6.07) is 7.63. The minimum atomic E-state index is -0.979. The first-order chi connectivity index (χ1) is 11.6. The van der Waals surface area contributed by atoms with Crippen LogP contribution in [-0.4, -0.2) is 40.9 Å². The fraction of sp³-hybridized carbons (Fsp3) is 0.235. The Morgan fingerprint density at radius 2 is 1.92 bits per heavy atom. The number of nitrogens with zero attached hydrogens (tertiary/aromatic N) is 4. The van der Waals surface area contributed by atoms with Crippen molar-refractivity contribution in [2.75, 3.05) is 23.6 Å². The summed E-state index contributed by atoms with van der Waals surface area (Å²) in [6.45, 7) is 2.26. The lowest BCUT2D eigenvalue weighted by Gasteiger charge is -2.39. The van der Waals surface area contributed by atoms with Crippen LogP contribution in [0.1, 0.15) is 6.92 Å². The van der Waals surface area contributed by atoms with Gasteiger partial charge in [0.05, 0.1) is 17.4 Å². The molecule has 2 aromatic rings. The van der Waals surface area contributed by atoms with Gasteiger partial charge in [0.2, 0.25) is 0 Å². The molecule has 0 spiro atoms. The Balaban J connectivity index is 2.14. The van der Waals surface area contributed by atoms with Crippen LogP contribution in [0.4, 0.5) is 23.0 Å². The molecule has 1 aromatic heterocycles. The number of hydrogen-bond donors (Lipinski definition) is 1. The van der Waals surface area contributed by atoms with E-state index >= 15 is 0 Å². The zero-order valence-electron chi connectivity index (χ0n) is 13.5. The number of methoxy groups -OCH3 is 1. The lowest BCUT2D eigenvalue weighted by molar-refractivity contribution is -0.131. The van der Waals surface area contributed by atoms with E-state index in [9.17, 15) is 4.79 Å². The summed E-state index contributed by atoms with van der Waals surface area (Å²) in [7, 11) is 1.63. The molecule has 1 aliphatic heterocycles. The Morgan fingerprint density at radius 1 is 1.25 bits per heavy atom. The maximum Gasteiger partial charge on any atom is 0.328 e. The molecule has 1 aromatic carbocycles. The van der Waals surface area contributed by atoms with Gasteiger partial charge in [-0.2, -0.15) is 0 Å². The van der Waals surface area contributed by atoms with E-state index in [4.69, 9.17) is 9.84 Å². The first-order valence-electron chi connectivity index (χ1n) is 7.50. The van der Waals surface area contributed by atoms with Crippen LogP contribution in [0.25, 0.3) is 0 Å². The van der Waals surface area contributed by atoms with Gasteiger partial charge in [-0.25, -0.2) is 14.8 Å². The number of ether oxygens (including phenoxy) is 1. The lowest BCUT2D eigenvalue weighted by Crippen LogP contribution is -2.36. The molecule has 7 heteroatoms. The molecular formula is C17H18N4O3. The SMILES string of the molecule is COCN1c2ccccc2N(C(C)C=CC(=O)O)c2nccnc21. The van der Waals surface area contributed by atoms with Gasteiger partial charge in [-0.05, 0) is 19.1 Å². The average molecular weight is 326 g/mol. The second-order valence-corrected chi connectivity index (χ2v) is 5.35. The van der Waals surface area contributed by atoms with Crippen LogP contribution in [0, 0.1) is 0 Å². The highest BCUT2D eigenvalue weighted by atomic mass is 16.5. The zero-order valence-corrected chi connectivity index (χ0v) is 13.5. The highest BCUT2D eigenvalue weighted by Crippen LogP contribution is 2.46. The Hall–Kier alpha value is -2.93. The number of hydrogen-bond acceptors (Lipinski definition) is 6. The van der Waals surface area contributed by atoms with Crippen molar-refractivity contribution in [3.05, 3.63) is 48.8 Å². The Bertz CT molecular complexity index is 730. The van der Waals surface area contributed by atoms with E-state index in [1.165, 1.54) is 0 Å². The predicted octanol–water partition coefficient (Wildman–Crippen LogP) is 2.70. The molecule has 1 unspecified atom stereocenters. The van der Waals surface area contributed by atoms with Crippen LogP contribution in [-0.2, 0) is 9.53 Å². The molecule has 2 heterocycles. The molecule has 1 N–H and O–H groups in total. The van der Waals surface area contributed by atoms with Gasteiger partial charge in [-0.3, -0.25) is 4.90 Å². The maximum absolute atomic E-state index is 10.9. The van der Waals surface area contributed by atoms with E-state index in [-0.39, 0.29) is 6.04 Å². The van der Waals surface area contributed by atoms with Crippen LogP contribution in [0.5, 0.6) is 0 Å². The second-order valence-electron chi connectivity index (χ2n) is 5.35. The molecule has 0 saturated carbocycles. The molecule has 0 saturated heterocycles. The topological polar surface area (TPSA) is 78.8 Å². The number of carboxylic acid groups (broad SMARTS) is 1. The number of aliphatic carboxylic acids is 1. The summed E-state index contributed by atoms with van der Waals surface area (Å²) >= 11 is 0. The van der Waals surface area contributed by atoms with Crippen molar-refractivity contribution < 1.29 is 14.6 Å². The van der Waals surface area contributed by atoms with E-state index in [2.05, 4.69) is 9.97 Å². The normalized spacial score (nSPS) is 14.4. The number of benzene rings is 1. The number of rotatable bonds is 5. The Labute approximate surface area is 139 Å². The van der Waals surface area contributed by atoms with Gasteiger partial charge in [-0.1, -0.05) is 18.2 Å². The number of anilines is 4. The minimum absolute atomic E-state index is 0.206. The quantitative estimate of drug-likeness (QED) is 0.846. The van der Waals surface area contributed by atoms with Crippen molar-refractivity contribution in [2.45, 2.75) is 13.0 Å². The first kappa shape index (κ1) is 15.9. The summed E-state index contributed by atoms with van der Waals surface area (Å²) in [4.78, 5) is 23.7. The highest BCUT2D eigenvalue weighted by Gasteiger charge is 2.32. The van der Waals surface area contributed by atoms with Gasteiger partial charge in [0.15, 0.2) is 11.6 Å². The first-order valence-corrected chi connectivity index (χ1v) is 7.50. The van der Waals surface area contributed by atoms with Crippen molar-refractivity contribution in [3.8, 4) is 0 Å². The summed E-state index contributed by atoms with van der Waals surface area (Å²) in [5.41, 5.74) is 1.85. The van der Waals surface area contributed by atoms with Crippen LogP contribution in [0.3, 0.4) is 0 Å². The van der Waals surface area contributed by atoms with Crippen molar-refractivity contribution in [1.82, 2.24) is 9.97 Å². The van der Waals surface area contributed by atoms with Gasteiger partial charge < -0.3 is 14.7 Å². The molecule has 24 heavy (non-hydrogen) atoms. The average Bonchev–Trinajstić information content (AvgIpc) is 2.59. The standard InChI is InChI=1S/C17H18N4O3/c1-12(7-8-15(22)23)21-14-6-4-3-5-13(14)20(11-24-2)16-17(21)19-10-9-18-16/h3-10,12H,11H2,1-2H3,(H,22,23). The van der Waals surface area contributed by atoms with Gasteiger partial charge in [0.1, 0.15) is 6.73 Å². The number of carboxylic acids is 1. The van der Waals surface area contributed by atoms with Crippen LogP contribution >= 0.6 is 0 Å². The molecule has 1 atom stereocenters. The van der Waals surface area contributed by atoms with Crippen LogP contribution in [0.2, 0.25) is 0 Å².